The molecule has 2 heteroatoms. The van der Waals surface area contributed by atoms with Crippen molar-refractivity contribution in [2.24, 2.45) is 11.8 Å². The SMILES string of the molecule is CC(C)CC(C)CN[C@H](C)c1cccc(Br)c1. The molecule has 96 valence electrons. The molecular formula is C15H24BrN. The molecule has 2 atom stereocenters. The molecule has 0 aliphatic carbocycles. The smallest absolute Gasteiger partial charge is 0.0292 e. The number of hydrogen-bond acceptors (Lipinski definition) is 1. The van der Waals surface area contributed by atoms with Gasteiger partial charge < -0.3 is 5.32 Å². The van der Waals surface area contributed by atoms with Crippen molar-refractivity contribution in [2.45, 2.75) is 40.2 Å². The van der Waals surface area contributed by atoms with Crippen molar-refractivity contribution in [1.82, 2.24) is 5.32 Å². The predicted octanol–water partition coefficient (Wildman–Crippen LogP) is 4.78. The van der Waals surface area contributed by atoms with Crippen molar-refractivity contribution < 1.29 is 0 Å². The highest BCUT2D eigenvalue weighted by Gasteiger charge is 2.09. The van der Waals surface area contributed by atoms with Gasteiger partial charge in [-0.3, -0.25) is 0 Å². The number of nitrogens with one attached hydrogen (secondary N) is 1. The molecular weight excluding hydrogens is 274 g/mol. The van der Waals surface area contributed by atoms with E-state index in [9.17, 15) is 0 Å². The summed E-state index contributed by atoms with van der Waals surface area (Å²) in [6.45, 7) is 10.2. The largest absolute Gasteiger partial charge is 0.310 e. The van der Waals surface area contributed by atoms with Gasteiger partial charge in [-0.05, 0) is 49.4 Å². The van der Waals surface area contributed by atoms with E-state index in [0.29, 0.717) is 6.04 Å². The van der Waals surface area contributed by atoms with Gasteiger partial charge in [-0.1, -0.05) is 48.8 Å². The summed E-state index contributed by atoms with van der Waals surface area (Å²) in [5.41, 5.74) is 1.34. The van der Waals surface area contributed by atoms with E-state index < -0.39 is 0 Å². The Labute approximate surface area is 114 Å². The maximum atomic E-state index is 3.61. The van der Waals surface area contributed by atoms with E-state index in [2.05, 4.69) is 73.2 Å². The third kappa shape index (κ3) is 5.69. The maximum Gasteiger partial charge on any atom is 0.0292 e. The first-order valence-corrected chi connectivity index (χ1v) is 7.27. The lowest BCUT2D eigenvalue weighted by molar-refractivity contribution is 0.396. The fourth-order valence-electron chi connectivity index (χ4n) is 2.16. The summed E-state index contributed by atoms with van der Waals surface area (Å²) < 4.78 is 1.15. The zero-order valence-corrected chi connectivity index (χ0v) is 12.9. The Hall–Kier alpha value is -0.340. The first kappa shape index (κ1) is 14.7. The molecule has 1 aromatic rings. The van der Waals surface area contributed by atoms with Crippen LogP contribution in [-0.4, -0.2) is 6.54 Å². The van der Waals surface area contributed by atoms with Crippen LogP contribution in [-0.2, 0) is 0 Å². The van der Waals surface area contributed by atoms with E-state index in [0.717, 1.165) is 22.9 Å². The third-order valence-electron chi connectivity index (χ3n) is 2.99. The fraction of sp³-hybridized carbons (Fsp3) is 0.600. The van der Waals surface area contributed by atoms with Crippen LogP contribution in [0.2, 0.25) is 0 Å². The van der Waals surface area contributed by atoms with Gasteiger partial charge >= 0.3 is 0 Å². The Morgan fingerprint density at radius 2 is 1.88 bits per heavy atom. The van der Waals surface area contributed by atoms with Gasteiger partial charge in [-0.2, -0.15) is 0 Å². The van der Waals surface area contributed by atoms with E-state index in [-0.39, 0.29) is 0 Å². The Kier molecular flexibility index (Phi) is 6.21. The quantitative estimate of drug-likeness (QED) is 0.797. The molecule has 0 fully saturated rings. The highest BCUT2D eigenvalue weighted by Crippen LogP contribution is 2.18. The van der Waals surface area contributed by atoms with E-state index in [1.165, 1.54) is 12.0 Å². The lowest BCUT2D eigenvalue weighted by atomic mass is 9.98. The molecule has 1 unspecified atom stereocenters. The van der Waals surface area contributed by atoms with Gasteiger partial charge in [0.05, 0.1) is 0 Å². The lowest BCUT2D eigenvalue weighted by Crippen LogP contribution is -2.25. The van der Waals surface area contributed by atoms with Gasteiger partial charge in [-0.25, -0.2) is 0 Å². The molecule has 17 heavy (non-hydrogen) atoms. The second-order valence-corrected chi connectivity index (χ2v) is 6.34. The average molecular weight is 298 g/mol. The van der Waals surface area contributed by atoms with Gasteiger partial charge in [0.15, 0.2) is 0 Å². The first-order chi connectivity index (χ1) is 7.99. The normalized spacial score (nSPS) is 14.9. The second kappa shape index (κ2) is 7.17. The molecule has 0 amide bonds. The van der Waals surface area contributed by atoms with Crippen LogP contribution >= 0.6 is 15.9 Å². The summed E-state index contributed by atoms with van der Waals surface area (Å²) in [6, 6.07) is 8.94. The number of hydrogen-bond donors (Lipinski definition) is 1. The predicted molar refractivity (Wildman–Crippen MR) is 79.2 cm³/mol. The summed E-state index contributed by atoms with van der Waals surface area (Å²) in [5, 5.41) is 3.61. The number of rotatable bonds is 6. The van der Waals surface area contributed by atoms with Crippen LogP contribution < -0.4 is 5.32 Å². The highest BCUT2D eigenvalue weighted by molar-refractivity contribution is 9.10. The fourth-order valence-corrected chi connectivity index (χ4v) is 2.58. The molecule has 1 aromatic carbocycles. The Morgan fingerprint density at radius 1 is 1.18 bits per heavy atom. The topological polar surface area (TPSA) is 12.0 Å². The van der Waals surface area contributed by atoms with Crippen LogP contribution in [0.25, 0.3) is 0 Å². The minimum absolute atomic E-state index is 0.419. The number of halogens is 1. The molecule has 0 heterocycles. The van der Waals surface area contributed by atoms with Crippen LogP contribution in [0.15, 0.2) is 28.7 Å². The van der Waals surface area contributed by atoms with Crippen molar-refractivity contribution in [3.63, 3.8) is 0 Å². The van der Waals surface area contributed by atoms with Gasteiger partial charge in [0, 0.05) is 10.5 Å². The van der Waals surface area contributed by atoms with Crippen molar-refractivity contribution in [1.29, 1.82) is 0 Å². The summed E-state index contributed by atoms with van der Waals surface area (Å²) in [7, 11) is 0. The number of benzene rings is 1. The van der Waals surface area contributed by atoms with Gasteiger partial charge in [0.2, 0.25) is 0 Å². The molecule has 0 aliphatic rings. The third-order valence-corrected chi connectivity index (χ3v) is 3.49. The molecule has 0 aliphatic heterocycles. The van der Waals surface area contributed by atoms with Crippen LogP contribution in [0.5, 0.6) is 0 Å². The van der Waals surface area contributed by atoms with Gasteiger partial charge in [-0.15, -0.1) is 0 Å². The summed E-state index contributed by atoms with van der Waals surface area (Å²) in [4.78, 5) is 0. The Balaban J connectivity index is 2.42. The Morgan fingerprint density at radius 3 is 2.47 bits per heavy atom. The molecule has 0 saturated heterocycles. The average Bonchev–Trinajstić information content (AvgIpc) is 2.25. The molecule has 0 aromatic heterocycles. The Bertz CT molecular complexity index is 335. The minimum Gasteiger partial charge on any atom is -0.310 e. The van der Waals surface area contributed by atoms with E-state index >= 15 is 0 Å². The lowest BCUT2D eigenvalue weighted by Gasteiger charge is -2.19. The van der Waals surface area contributed by atoms with Crippen molar-refractivity contribution in [3.05, 3.63) is 34.3 Å². The molecule has 1 nitrogen and oxygen atoms in total. The van der Waals surface area contributed by atoms with Crippen molar-refractivity contribution >= 4 is 15.9 Å². The van der Waals surface area contributed by atoms with Gasteiger partial charge in [0.25, 0.3) is 0 Å². The molecule has 0 bridgehead atoms. The summed E-state index contributed by atoms with van der Waals surface area (Å²) >= 11 is 3.52. The molecule has 1 rings (SSSR count). The van der Waals surface area contributed by atoms with Gasteiger partial charge in [0.1, 0.15) is 0 Å². The second-order valence-electron chi connectivity index (χ2n) is 5.42. The molecule has 0 spiro atoms. The van der Waals surface area contributed by atoms with Crippen LogP contribution in [0.3, 0.4) is 0 Å². The minimum atomic E-state index is 0.419. The summed E-state index contributed by atoms with van der Waals surface area (Å²) in [6.07, 6.45) is 1.29. The standard InChI is InChI=1S/C15H24BrN/c1-11(2)8-12(3)10-17-13(4)14-6-5-7-15(16)9-14/h5-7,9,11-13,17H,8,10H2,1-4H3/t12?,13-/m1/s1. The first-order valence-electron chi connectivity index (χ1n) is 6.48. The van der Waals surface area contributed by atoms with Crippen LogP contribution in [0.4, 0.5) is 0 Å². The molecule has 0 radical (unpaired) electrons. The molecule has 0 saturated carbocycles. The van der Waals surface area contributed by atoms with E-state index in [1.807, 2.05) is 0 Å². The van der Waals surface area contributed by atoms with Crippen LogP contribution in [0, 0.1) is 11.8 Å². The summed E-state index contributed by atoms with van der Waals surface area (Å²) in [5.74, 6) is 1.53. The van der Waals surface area contributed by atoms with Crippen molar-refractivity contribution in [3.8, 4) is 0 Å². The van der Waals surface area contributed by atoms with Crippen LogP contribution in [0.1, 0.15) is 45.7 Å². The van der Waals surface area contributed by atoms with Crippen molar-refractivity contribution in [2.75, 3.05) is 6.54 Å². The zero-order chi connectivity index (χ0) is 12.8. The molecule has 1 N–H and O–H groups in total. The monoisotopic (exact) mass is 297 g/mol. The highest BCUT2D eigenvalue weighted by atomic mass is 79.9. The van der Waals surface area contributed by atoms with E-state index in [4.69, 9.17) is 0 Å². The zero-order valence-electron chi connectivity index (χ0n) is 11.3. The maximum absolute atomic E-state index is 3.61. The van der Waals surface area contributed by atoms with E-state index in [1.54, 1.807) is 0 Å².